The SMILES string of the molecule is CCCCOc1ccc(C(=O)NCCn2ncc3c(NC(C)C)nc(SC)nc32)cc1. The van der Waals surface area contributed by atoms with Crippen LogP contribution in [0.5, 0.6) is 5.75 Å². The lowest BCUT2D eigenvalue weighted by Crippen LogP contribution is -2.27. The van der Waals surface area contributed by atoms with Crippen LogP contribution >= 0.6 is 11.8 Å². The second-order valence-corrected chi connectivity index (χ2v) is 8.22. The lowest BCUT2D eigenvalue weighted by atomic mass is 10.2. The zero-order valence-electron chi connectivity index (χ0n) is 18.5. The van der Waals surface area contributed by atoms with Crippen LogP contribution in [0.25, 0.3) is 11.0 Å². The smallest absolute Gasteiger partial charge is 0.251 e. The quantitative estimate of drug-likeness (QED) is 0.263. The highest BCUT2D eigenvalue weighted by Gasteiger charge is 2.14. The minimum Gasteiger partial charge on any atom is -0.494 e. The molecule has 3 rings (SSSR count). The van der Waals surface area contributed by atoms with E-state index in [0.29, 0.717) is 30.4 Å². The van der Waals surface area contributed by atoms with E-state index in [9.17, 15) is 4.79 Å². The zero-order valence-corrected chi connectivity index (χ0v) is 19.3. The van der Waals surface area contributed by atoms with Gasteiger partial charge in [-0.2, -0.15) is 5.10 Å². The number of nitrogens with zero attached hydrogens (tertiary/aromatic N) is 4. The molecule has 0 saturated heterocycles. The number of anilines is 1. The highest BCUT2D eigenvalue weighted by molar-refractivity contribution is 7.98. The van der Waals surface area contributed by atoms with Crippen molar-refractivity contribution in [2.24, 2.45) is 0 Å². The molecule has 8 nitrogen and oxygen atoms in total. The summed E-state index contributed by atoms with van der Waals surface area (Å²) in [5.74, 6) is 1.43. The van der Waals surface area contributed by atoms with E-state index in [1.807, 2.05) is 18.4 Å². The number of amides is 1. The maximum absolute atomic E-state index is 12.5. The van der Waals surface area contributed by atoms with Gasteiger partial charge in [0.05, 0.1) is 24.7 Å². The number of fused-ring (bicyclic) bond motifs is 1. The first-order chi connectivity index (χ1) is 15.0. The van der Waals surface area contributed by atoms with E-state index in [-0.39, 0.29) is 11.9 Å². The molecule has 0 aliphatic heterocycles. The molecule has 2 N–H and O–H groups in total. The zero-order chi connectivity index (χ0) is 22.2. The second kappa shape index (κ2) is 11.0. The number of aromatic nitrogens is 4. The first-order valence-corrected chi connectivity index (χ1v) is 11.8. The van der Waals surface area contributed by atoms with Gasteiger partial charge in [0, 0.05) is 18.2 Å². The van der Waals surface area contributed by atoms with Crippen LogP contribution in [0.1, 0.15) is 44.0 Å². The topological polar surface area (TPSA) is 94.0 Å². The number of thioether (sulfide) groups is 1. The van der Waals surface area contributed by atoms with E-state index >= 15 is 0 Å². The van der Waals surface area contributed by atoms with E-state index < -0.39 is 0 Å². The predicted molar refractivity (Wildman–Crippen MR) is 125 cm³/mol. The Morgan fingerprint density at radius 1 is 1.23 bits per heavy atom. The molecule has 2 heterocycles. The molecule has 1 aromatic carbocycles. The van der Waals surface area contributed by atoms with Gasteiger partial charge in [-0.25, -0.2) is 14.6 Å². The van der Waals surface area contributed by atoms with Crippen LogP contribution in [0.15, 0.2) is 35.6 Å². The first kappa shape index (κ1) is 22.9. The lowest BCUT2D eigenvalue weighted by Gasteiger charge is -2.11. The molecule has 1 amide bonds. The van der Waals surface area contributed by atoms with Gasteiger partial charge in [0.25, 0.3) is 5.91 Å². The molecular weight excluding hydrogens is 412 g/mol. The second-order valence-electron chi connectivity index (χ2n) is 7.45. The molecule has 0 fully saturated rings. The Hall–Kier alpha value is -2.81. The van der Waals surface area contributed by atoms with Crippen molar-refractivity contribution in [1.82, 2.24) is 25.1 Å². The summed E-state index contributed by atoms with van der Waals surface area (Å²) in [6.45, 7) is 7.90. The largest absolute Gasteiger partial charge is 0.494 e. The van der Waals surface area contributed by atoms with Crippen molar-refractivity contribution >= 4 is 34.5 Å². The molecule has 0 unspecified atom stereocenters. The van der Waals surface area contributed by atoms with Gasteiger partial charge in [-0.05, 0) is 50.8 Å². The summed E-state index contributed by atoms with van der Waals surface area (Å²) in [6, 6.07) is 7.47. The number of rotatable bonds is 11. The Morgan fingerprint density at radius 2 is 2.00 bits per heavy atom. The molecule has 0 aliphatic rings. The van der Waals surface area contributed by atoms with Crippen molar-refractivity contribution in [3.8, 4) is 5.75 Å². The first-order valence-electron chi connectivity index (χ1n) is 10.6. The van der Waals surface area contributed by atoms with Crippen LogP contribution in [0.2, 0.25) is 0 Å². The average Bonchev–Trinajstić information content (AvgIpc) is 3.17. The average molecular weight is 443 g/mol. The number of benzene rings is 1. The monoisotopic (exact) mass is 442 g/mol. The maximum atomic E-state index is 12.5. The molecule has 3 aromatic rings. The Balaban J connectivity index is 1.61. The third kappa shape index (κ3) is 6.10. The van der Waals surface area contributed by atoms with E-state index in [0.717, 1.165) is 35.4 Å². The van der Waals surface area contributed by atoms with E-state index in [1.54, 1.807) is 23.0 Å². The third-order valence-corrected chi connectivity index (χ3v) is 5.12. The van der Waals surface area contributed by atoms with Gasteiger partial charge in [0.2, 0.25) is 0 Å². The fourth-order valence-electron chi connectivity index (χ4n) is 2.99. The van der Waals surface area contributed by atoms with Crippen molar-refractivity contribution in [2.45, 2.75) is 51.4 Å². The van der Waals surface area contributed by atoms with Gasteiger partial charge in [0.1, 0.15) is 11.6 Å². The number of carbonyl (C=O) groups excluding carboxylic acids is 1. The van der Waals surface area contributed by atoms with Crippen molar-refractivity contribution < 1.29 is 9.53 Å². The molecule has 31 heavy (non-hydrogen) atoms. The summed E-state index contributed by atoms with van der Waals surface area (Å²) in [5.41, 5.74) is 1.36. The number of ether oxygens (including phenoxy) is 1. The molecule has 166 valence electrons. The molecule has 0 aliphatic carbocycles. The summed E-state index contributed by atoms with van der Waals surface area (Å²) in [4.78, 5) is 21.6. The summed E-state index contributed by atoms with van der Waals surface area (Å²) < 4.78 is 7.44. The molecule has 9 heteroatoms. The highest BCUT2D eigenvalue weighted by atomic mass is 32.2. The van der Waals surface area contributed by atoms with Gasteiger partial charge < -0.3 is 15.4 Å². The number of nitrogens with one attached hydrogen (secondary N) is 2. The molecule has 0 spiro atoms. The fraction of sp³-hybridized carbons (Fsp3) is 0.455. The molecular formula is C22H30N6O2S. The summed E-state index contributed by atoms with van der Waals surface area (Å²) >= 11 is 1.49. The van der Waals surface area contributed by atoms with Gasteiger partial charge in [-0.1, -0.05) is 25.1 Å². The van der Waals surface area contributed by atoms with Crippen LogP contribution in [-0.4, -0.2) is 51.1 Å². The number of hydrogen-bond donors (Lipinski definition) is 2. The van der Waals surface area contributed by atoms with E-state index in [1.165, 1.54) is 11.8 Å². The van der Waals surface area contributed by atoms with Crippen LogP contribution in [-0.2, 0) is 6.54 Å². The van der Waals surface area contributed by atoms with Gasteiger partial charge in [-0.3, -0.25) is 4.79 Å². The summed E-state index contributed by atoms with van der Waals surface area (Å²) in [6.07, 6.45) is 5.82. The Bertz CT molecular complexity index is 1000. The van der Waals surface area contributed by atoms with E-state index in [4.69, 9.17) is 4.74 Å². The number of hydrogen-bond acceptors (Lipinski definition) is 7. The maximum Gasteiger partial charge on any atom is 0.251 e. The van der Waals surface area contributed by atoms with Crippen LogP contribution in [0.3, 0.4) is 0 Å². The molecule has 0 atom stereocenters. The van der Waals surface area contributed by atoms with Crippen LogP contribution in [0, 0.1) is 0 Å². The Morgan fingerprint density at radius 3 is 2.68 bits per heavy atom. The fourth-order valence-corrected chi connectivity index (χ4v) is 3.35. The lowest BCUT2D eigenvalue weighted by molar-refractivity contribution is 0.0952. The highest BCUT2D eigenvalue weighted by Crippen LogP contribution is 2.23. The van der Waals surface area contributed by atoms with Gasteiger partial charge in [-0.15, -0.1) is 0 Å². The predicted octanol–water partition coefficient (Wildman–Crippen LogP) is 3.98. The van der Waals surface area contributed by atoms with Crippen molar-refractivity contribution in [1.29, 1.82) is 0 Å². The van der Waals surface area contributed by atoms with Crippen molar-refractivity contribution in [3.63, 3.8) is 0 Å². The Kier molecular flexibility index (Phi) is 8.11. The van der Waals surface area contributed by atoms with Crippen LogP contribution in [0.4, 0.5) is 5.82 Å². The van der Waals surface area contributed by atoms with Crippen molar-refractivity contribution in [3.05, 3.63) is 36.0 Å². The third-order valence-electron chi connectivity index (χ3n) is 4.58. The summed E-state index contributed by atoms with van der Waals surface area (Å²) in [5, 5.41) is 12.3. The molecule has 0 radical (unpaired) electrons. The van der Waals surface area contributed by atoms with Gasteiger partial charge >= 0.3 is 0 Å². The molecule has 0 saturated carbocycles. The number of unbranched alkanes of at least 4 members (excludes halogenated alkanes) is 1. The minimum absolute atomic E-state index is 0.127. The van der Waals surface area contributed by atoms with Gasteiger partial charge in [0.15, 0.2) is 10.8 Å². The Labute approximate surface area is 187 Å². The van der Waals surface area contributed by atoms with E-state index in [2.05, 4.69) is 46.5 Å². The number of carbonyl (C=O) groups is 1. The van der Waals surface area contributed by atoms with Crippen LogP contribution < -0.4 is 15.4 Å². The normalized spacial score (nSPS) is 11.1. The molecule has 2 aromatic heterocycles. The minimum atomic E-state index is -0.127. The standard InChI is InChI=1S/C22H30N6O2S/c1-5-6-13-30-17-9-7-16(8-10-17)21(29)23-11-12-28-20-18(14-24-28)19(25-15(2)3)26-22(27-20)31-4/h7-10,14-15H,5-6,11-13H2,1-4H3,(H,23,29)(H,25,26,27). The molecule has 0 bridgehead atoms. The summed E-state index contributed by atoms with van der Waals surface area (Å²) in [7, 11) is 0. The van der Waals surface area contributed by atoms with Crippen molar-refractivity contribution in [2.75, 3.05) is 24.7 Å².